The lowest BCUT2D eigenvalue weighted by atomic mass is 10.0. The quantitative estimate of drug-likeness (QED) is 0.176. The van der Waals surface area contributed by atoms with E-state index in [2.05, 4.69) is 25.7 Å². The zero-order valence-corrected chi connectivity index (χ0v) is 18.7. The number of oxime groups is 1. The topological polar surface area (TPSA) is 170 Å². The zero-order chi connectivity index (χ0) is 23.5. The Balaban J connectivity index is 1.50. The van der Waals surface area contributed by atoms with Gasteiger partial charge in [-0.1, -0.05) is 29.1 Å². The van der Waals surface area contributed by atoms with Gasteiger partial charge in [-0.25, -0.2) is 9.78 Å². The van der Waals surface area contributed by atoms with E-state index in [9.17, 15) is 24.6 Å². The highest BCUT2D eigenvalue weighted by Gasteiger charge is 2.54. The molecule has 4 N–H and O–H groups in total. The Kier molecular flexibility index (Phi) is 6.55. The summed E-state index contributed by atoms with van der Waals surface area (Å²) in [7, 11) is 1.27. The van der Waals surface area contributed by atoms with Crippen molar-refractivity contribution < 1.29 is 29.4 Å². The molecule has 2 aliphatic heterocycles. The monoisotopic (exact) mass is 490 g/mol. The Morgan fingerprint density at radius 1 is 1.45 bits per heavy atom. The number of hydrogen-bond donors (Lipinski definition) is 4. The summed E-state index contributed by atoms with van der Waals surface area (Å²) < 4.78 is 0. The average molecular weight is 491 g/mol. The van der Waals surface area contributed by atoms with Gasteiger partial charge >= 0.3 is 5.97 Å². The van der Waals surface area contributed by atoms with E-state index >= 15 is 0 Å². The molecule has 1 fully saturated rings. The van der Waals surface area contributed by atoms with Crippen LogP contribution >= 0.6 is 23.5 Å². The molecule has 1 aromatic heterocycles. The molecule has 2 atom stereocenters. The van der Waals surface area contributed by atoms with Crippen molar-refractivity contribution in [3.05, 3.63) is 47.4 Å². The smallest absolute Gasteiger partial charge is 0.352 e. The second-order valence-electron chi connectivity index (χ2n) is 6.87. The first kappa shape index (κ1) is 22.7. The van der Waals surface area contributed by atoms with Crippen LogP contribution in [0.5, 0.6) is 5.75 Å². The normalized spacial score (nSPS) is 20.2. The summed E-state index contributed by atoms with van der Waals surface area (Å²) in [4.78, 5) is 47.6. The number of amides is 2. The molecule has 2 amide bonds. The first-order valence-corrected chi connectivity index (χ1v) is 11.5. The van der Waals surface area contributed by atoms with Gasteiger partial charge in [-0.05, 0) is 17.7 Å². The Labute approximate surface area is 195 Å². The highest BCUT2D eigenvalue weighted by Crippen LogP contribution is 2.41. The van der Waals surface area contributed by atoms with Crippen LogP contribution in [-0.4, -0.2) is 83.8 Å². The number of carbonyl (C=O) groups excluding carboxylic acids is 2. The van der Waals surface area contributed by atoms with E-state index < -0.39 is 29.2 Å². The van der Waals surface area contributed by atoms with Crippen LogP contribution < -0.4 is 5.32 Å². The molecule has 1 saturated heterocycles. The lowest BCUT2D eigenvalue weighted by molar-refractivity contribution is -0.150. The number of carbonyl (C=O) groups is 3. The highest BCUT2D eigenvalue weighted by atomic mass is 32.2. The largest absolute Gasteiger partial charge is 0.508 e. The Bertz CT molecular complexity index is 1150. The molecule has 0 bridgehead atoms. The second-order valence-corrected chi connectivity index (χ2v) is 8.94. The number of nitrogens with one attached hydrogen (secondary N) is 2. The summed E-state index contributed by atoms with van der Waals surface area (Å²) in [6.45, 7) is 0. The van der Waals surface area contributed by atoms with Crippen molar-refractivity contribution in [3.63, 3.8) is 0 Å². The number of nitrogens with zero attached hydrogens (tertiary/aromatic N) is 4. The third-order valence-corrected chi connectivity index (χ3v) is 7.13. The highest BCUT2D eigenvalue weighted by molar-refractivity contribution is 8.01. The predicted octanol–water partition coefficient (Wildman–Crippen LogP) is 0.392. The van der Waals surface area contributed by atoms with Gasteiger partial charge in [0.1, 0.15) is 36.3 Å². The van der Waals surface area contributed by atoms with Crippen LogP contribution in [0.4, 0.5) is 0 Å². The molecule has 0 radical (unpaired) electrons. The molecule has 4 rings (SSSR count). The Hall–Kier alpha value is -3.52. The standard InChI is InChI=1S/C19H18N6O6S2/c1-31-24-12(9-3-2-4-11(26)5-9)15(27)22-13-16(28)25-14(18(29)30)10(6-32-17(13)25)7-33-19-20-8-21-23-19/h2-5,8,13,17,26H,6-7H2,1H3,(H,22,27)(H,29,30)(H,20,21,23)/t13?,17-/m1/s1. The number of thioether (sulfide) groups is 2. The van der Waals surface area contributed by atoms with Gasteiger partial charge in [0, 0.05) is 17.1 Å². The van der Waals surface area contributed by atoms with E-state index in [4.69, 9.17) is 4.84 Å². The number of carboxylic acid groups (broad SMARTS) is 1. The van der Waals surface area contributed by atoms with Gasteiger partial charge in [-0.2, -0.15) is 5.10 Å². The van der Waals surface area contributed by atoms with Crippen LogP contribution in [-0.2, 0) is 19.2 Å². The van der Waals surface area contributed by atoms with Crippen molar-refractivity contribution in [2.24, 2.45) is 5.16 Å². The van der Waals surface area contributed by atoms with Crippen molar-refractivity contribution in [3.8, 4) is 5.75 Å². The molecular weight excluding hydrogens is 472 g/mol. The van der Waals surface area contributed by atoms with E-state index in [0.717, 1.165) is 0 Å². The molecule has 0 spiro atoms. The molecule has 1 aromatic carbocycles. The number of β-lactam (4-membered cyclic amide) rings is 1. The Morgan fingerprint density at radius 3 is 2.94 bits per heavy atom. The zero-order valence-electron chi connectivity index (χ0n) is 17.1. The number of aromatic nitrogens is 3. The molecule has 2 aliphatic rings. The van der Waals surface area contributed by atoms with Gasteiger partial charge in [0.2, 0.25) is 0 Å². The number of aromatic amines is 1. The van der Waals surface area contributed by atoms with Crippen molar-refractivity contribution in [1.29, 1.82) is 0 Å². The van der Waals surface area contributed by atoms with Gasteiger partial charge in [-0.3, -0.25) is 19.6 Å². The number of hydrogen-bond acceptors (Lipinski definition) is 10. The minimum absolute atomic E-state index is 0.0650. The summed E-state index contributed by atoms with van der Waals surface area (Å²) in [6, 6.07) is 4.95. The second kappa shape index (κ2) is 9.54. The van der Waals surface area contributed by atoms with E-state index in [-0.39, 0.29) is 17.2 Å². The maximum absolute atomic E-state index is 12.9. The molecular formula is C19H18N6O6S2. The van der Waals surface area contributed by atoms with Crippen molar-refractivity contribution in [2.75, 3.05) is 18.6 Å². The molecule has 33 heavy (non-hydrogen) atoms. The number of phenolic OH excluding ortho intramolecular Hbond substituents is 1. The van der Waals surface area contributed by atoms with Crippen molar-refractivity contribution in [2.45, 2.75) is 16.6 Å². The van der Waals surface area contributed by atoms with E-state index in [1.807, 2.05) is 0 Å². The molecule has 0 saturated carbocycles. The van der Waals surface area contributed by atoms with Gasteiger partial charge in [0.25, 0.3) is 11.8 Å². The molecule has 2 aromatic rings. The number of aliphatic carboxylic acids is 1. The number of phenols is 1. The number of benzene rings is 1. The number of H-pyrrole nitrogens is 1. The van der Waals surface area contributed by atoms with Gasteiger partial charge in [-0.15, -0.1) is 11.8 Å². The maximum Gasteiger partial charge on any atom is 0.352 e. The molecule has 1 unspecified atom stereocenters. The van der Waals surface area contributed by atoms with E-state index in [1.54, 1.807) is 12.1 Å². The minimum atomic E-state index is -1.21. The number of rotatable bonds is 8. The SMILES string of the molecule is CON=C(C(=O)NC1C(=O)N2C(C(=O)O)=C(CSc3ncn[nH]3)CS[C@H]12)c1cccc(O)c1. The molecule has 12 nitrogen and oxygen atoms in total. The van der Waals surface area contributed by atoms with Crippen LogP contribution in [0.2, 0.25) is 0 Å². The van der Waals surface area contributed by atoms with Gasteiger partial charge in [0.15, 0.2) is 10.9 Å². The van der Waals surface area contributed by atoms with Gasteiger partial charge in [0.05, 0.1) is 0 Å². The molecule has 14 heteroatoms. The third-order valence-electron chi connectivity index (χ3n) is 4.83. The van der Waals surface area contributed by atoms with Crippen LogP contribution in [0.15, 0.2) is 52.2 Å². The lowest BCUT2D eigenvalue weighted by Crippen LogP contribution is -2.71. The fourth-order valence-corrected chi connectivity index (χ4v) is 5.66. The molecule has 0 aliphatic carbocycles. The molecule has 3 heterocycles. The fraction of sp³-hybridized carbons (Fsp3) is 0.263. The van der Waals surface area contributed by atoms with Crippen LogP contribution in [0.25, 0.3) is 0 Å². The van der Waals surface area contributed by atoms with Crippen LogP contribution in [0, 0.1) is 0 Å². The number of fused-ring (bicyclic) bond motifs is 1. The third kappa shape index (κ3) is 4.52. The van der Waals surface area contributed by atoms with E-state index in [0.29, 0.717) is 27.8 Å². The minimum Gasteiger partial charge on any atom is -0.508 e. The van der Waals surface area contributed by atoms with Crippen molar-refractivity contribution in [1.82, 2.24) is 25.4 Å². The number of carboxylic acids is 1. The number of aromatic hydroxyl groups is 1. The van der Waals surface area contributed by atoms with Gasteiger partial charge < -0.3 is 20.4 Å². The van der Waals surface area contributed by atoms with E-state index in [1.165, 1.54) is 54.0 Å². The summed E-state index contributed by atoms with van der Waals surface area (Å²) in [5, 5.41) is 32.2. The molecule has 172 valence electrons. The summed E-state index contributed by atoms with van der Waals surface area (Å²) >= 11 is 2.64. The first-order valence-electron chi connectivity index (χ1n) is 9.50. The Morgan fingerprint density at radius 2 is 2.27 bits per heavy atom. The summed E-state index contributed by atoms with van der Waals surface area (Å²) in [5.74, 6) is -1.81. The van der Waals surface area contributed by atoms with Crippen LogP contribution in [0.3, 0.4) is 0 Å². The van der Waals surface area contributed by atoms with Crippen molar-refractivity contribution >= 4 is 47.0 Å². The summed E-state index contributed by atoms with van der Waals surface area (Å²) in [6.07, 6.45) is 1.35. The first-order chi connectivity index (χ1) is 15.9. The predicted molar refractivity (Wildman–Crippen MR) is 118 cm³/mol. The van der Waals surface area contributed by atoms with Crippen LogP contribution in [0.1, 0.15) is 5.56 Å². The lowest BCUT2D eigenvalue weighted by Gasteiger charge is -2.49. The fourth-order valence-electron chi connectivity index (χ4n) is 3.39. The summed E-state index contributed by atoms with van der Waals surface area (Å²) in [5.41, 5.74) is 0.662. The maximum atomic E-state index is 12.9. The average Bonchev–Trinajstić information content (AvgIpc) is 3.32.